The molecule has 0 atom stereocenters. The van der Waals surface area contributed by atoms with Gasteiger partial charge in [-0.25, -0.2) is 0 Å². The van der Waals surface area contributed by atoms with Crippen molar-refractivity contribution in [1.82, 2.24) is 0 Å². The summed E-state index contributed by atoms with van der Waals surface area (Å²) in [6, 6.07) is 0. The van der Waals surface area contributed by atoms with Crippen molar-refractivity contribution in [3.05, 3.63) is 0 Å². The van der Waals surface area contributed by atoms with Crippen molar-refractivity contribution in [3.63, 3.8) is 0 Å². The Balaban J connectivity index is 1.85. The van der Waals surface area contributed by atoms with Gasteiger partial charge >= 0.3 is 0 Å². The molecule has 0 radical (unpaired) electrons. The third-order valence-electron chi connectivity index (χ3n) is 2.62. The molecule has 0 aromatic rings. The first kappa shape index (κ1) is 12.2. The lowest BCUT2D eigenvalue weighted by Gasteiger charge is -2.45. The summed E-state index contributed by atoms with van der Waals surface area (Å²) in [7, 11) is 0. The van der Waals surface area contributed by atoms with Gasteiger partial charge in [-0.1, -0.05) is 0 Å². The minimum absolute atomic E-state index is 0.478. The third-order valence-corrected chi connectivity index (χ3v) is 15.1. The molecule has 0 saturated carbocycles. The van der Waals surface area contributed by atoms with Crippen LogP contribution in [0.25, 0.3) is 0 Å². The van der Waals surface area contributed by atoms with Gasteiger partial charge in [-0.3, -0.25) is 0 Å². The molecule has 2 spiro atoms. The number of fused-ring (bicyclic) bond motifs is 1. The van der Waals surface area contributed by atoms with E-state index in [0.717, 1.165) is 0 Å². The molecule has 0 aliphatic carbocycles. The normalized spacial score (nSPS) is 33.6. The monoisotopic (exact) mass is 314 g/mol. The maximum absolute atomic E-state index is 2.24. The van der Waals surface area contributed by atoms with Crippen LogP contribution >= 0.6 is 70.6 Å². The summed E-state index contributed by atoms with van der Waals surface area (Å²) in [6.07, 6.45) is 2.82. The van der Waals surface area contributed by atoms with E-state index in [2.05, 4.69) is 70.6 Å². The van der Waals surface area contributed by atoms with Crippen molar-refractivity contribution in [2.45, 2.75) is 19.7 Å². The second kappa shape index (κ2) is 5.00. The van der Waals surface area contributed by atoms with Crippen molar-refractivity contribution in [3.8, 4) is 0 Å². The van der Waals surface area contributed by atoms with Crippen molar-refractivity contribution < 1.29 is 0 Å². The third kappa shape index (κ3) is 2.09. The lowest BCUT2D eigenvalue weighted by atomic mass is 10.6. The highest BCUT2D eigenvalue weighted by atomic mass is 32.3. The van der Waals surface area contributed by atoms with Crippen LogP contribution in [0.3, 0.4) is 0 Å². The summed E-state index contributed by atoms with van der Waals surface area (Å²) >= 11 is 13.4. The minimum atomic E-state index is 0.478. The molecule has 0 aromatic carbocycles. The maximum Gasteiger partial charge on any atom is 0.141 e. The summed E-state index contributed by atoms with van der Waals surface area (Å²) in [5.74, 6) is 5.51. The van der Waals surface area contributed by atoms with Crippen LogP contribution in [-0.4, -0.2) is 34.9 Å². The molecule has 3 rings (SSSR count). The lowest BCUT2D eigenvalue weighted by Crippen LogP contribution is -2.39. The topological polar surface area (TPSA) is 0 Å². The Morgan fingerprint density at radius 2 is 0.933 bits per heavy atom. The fraction of sp³-hybridized carbons (Fsp3) is 1.00. The van der Waals surface area contributed by atoms with Gasteiger partial charge in [-0.05, 0) is 35.9 Å². The fourth-order valence-electron chi connectivity index (χ4n) is 1.91. The van der Waals surface area contributed by atoms with Crippen molar-refractivity contribution >= 4 is 70.6 Å². The van der Waals surface area contributed by atoms with Crippen molar-refractivity contribution in [1.29, 1.82) is 0 Å². The van der Waals surface area contributed by atoms with Gasteiger partial charge in [0.05, 0.1) is 0 Å². The van der Waals surface area contributed by atoms with Crippen LogP contribution in [0, 0.1) is 0 Å². The molecular weight excluding hydrogens is 301 g/mol. The number of thioether (sulfide) groups is 6. The van der Waals surface area contributed by atoms with E-state index in [9.17, 15) is 0 Å². The molecule has 0 aromatic heterocycles. The van der Waals surface area contributed by atoms with E-state index in [1.165, 1.54) is 40.9 Å². The summed E-state index contributed by atoms with van der Waals surface area (Å²) in [6.45, 7) is 0. The molecule has 3 heterocycles. The number of hydrogen-bond acceptors (Lipinski definition) is 6. The molecule has 86 valence electrons. The van der Waals surface area contributed by atoms with E-state index >= 15 is 0 Å². The van der Waals surface area contributed by atoms with Gasteiger partial charge in [0.2, 0.25) is 0 Å². The predicted molar refractivity (Wildman–Crippen MR) is 84.6 cm³/mol. The molecular formula is C9H14S6. The molecule has 0 unspecified atom stereocenters. The van der Waals surface area contributed by atoms with Gasteiger partial charge in [0.1, 0.15) is 6.82 Å². The van der Waals surface area contributed by atoms with Gasteiger partial charge in [-0.15, -0.1) is 70.6 Å². The average molecular weight is 315 g/mol. The summed E-state index contributed by atoms with van der Waals surface area (Å²) in [5, 5.41) is 1.31. The zero-order valence-electron chi connectivity index (χ0n) is 8.40. The minimum Gasteiger partial charge on any atom is -0.130 e. The molecule has 0 N–H and O–H groups in total. The zero-order valence-corrected chi connectivity index (χ0v) is 13.3. The Kier molecular flexibility index (Phi) is 4.05. The van der Waals surface area contributed by atoms with Crippen LogP contribution in [0.4, 0.5) is 0 Å². The average Bonchev–Trinajstić information content (AvgIpc) is 2.60. The molecule has 6 heteroatoms. The van der Waals surface area contributed by atoms with Crippen LogP contribution in [0.15, 0.2) is 0 Å². The van der Waals surface area contributed by atoms with Crippen LogP contribution < -0.4 is 0 Å². The molecule has 3 aliphatic rings. The second-order valence-corrected chi connectivity index (χ2v) is 13.2. The predicted octanol–water partition coefficient (Wildman–Crippen LogP) is 4.47. The fourth-order valence-corrected chi connectivity index (χ4v) is 16.0. The first-order valence-electron chi connectivity index (χ1n) is 5.21. The Bertz CT molecular complexity index is 207. The van der Waals surface area contributed by atoms with Gasteiger partial charge in [-0.2, -0.15) is 0 Å². The first-order chi connectivity index (χ1) is 7.37. The van der Waals surface area contributed by atoms with Crippen LogP contribution in [0.1, 0.15) is 12.8 Å². The van der Waals surface area contributed by atoms with E-state index in [-0.39, 0.29) is 0 Å². The summed E-state index contributed by atoms with van der Waals surface area (Å²) in [5.41, 5.74) is 0. The van der Waals surface area contributed by atoms with E-state index in [0.29, 0.717) is 6.82 Å². The largest absolute Gasteiger partial charge is 0.141 e. The van der Waals surface area contributed by atoms with E-state index in [1.807, 2.05) is 0 Å². The lowest BCUT2D eigenvalue weighted by molar-refractivity contribution is 1.04. The zero-order chi connectivity index (χ0) is 10.2. The maximum atomic E-state index is 2.24. The van der Waals surface area contributed by atoms with E-state index < -0.39 is 0 Å². The van der Waals surface area contributed by atoms with Crippen molar-refractivity contribution in [2.24, 2.45) is 0 Å². The Morgan fingerprint density at radius 3 is 1.33 bits per heavy atom. The molecule has 3 fully saturated rings. The molecule has 3 saturated heterocycles. The van der Waals surface area contributed by atoms with Gasteiger partial charge in [0.25, 0.3) is 0 Å². The highest BCUT2D eigenvalue weighted by molar-refractivity contribution is 8.48. The van der Waals surface area contributed by atoms with E-state index in [4.69, 9.17) is 0 Å². The Hall–Kier alpha value is 2.10. The molecule has 0 amide bonds. The van der Waals surface area contributed by atoms with Crippen LogP contribution in [-0.2, 0) is 0 Å². The number of hydrogen-bond donors (Lipinski definition) is 0. The van der Waals surface area contributed by atoms with Gasteiger partial charge in [0.15, 0.2) is 0 Å². The SMILES string of the molecule is C1CSC2(SC1)SCSC21SCCCS1. The number of rotatable bonds is 0. The smallest absolute Gasteiger partial charge is 0.130 e. The molecule has 3 aliphatic heterocycles. The summed E-state index contributed by atoms with van der Waals surface area (Å²) < 4.78 is 0.956. The standard InChI is InChI=1S/C9H14S6/c1-3-10-8(11-4-1)9(15-7-14-8)12-5-2-6-13-9/h1-7H2. The van der Waals surface area contributed by atoms with Crippen LogP contribution in [0.2, 0.25) is 0 Å². The first-order valence-corrected chi connectivity index (χ1v) is 11.1. The second-order valence-electron chi connectivity index (χ2n) is 3.62. The highest BCUT2D eigenvalue weighted by Gasteiger charge is 2.59. The Morgan fingerprint density at radius 1 is 0.533 bits per heavy atom. The molecule has 0 nitrogen and oxygen atoms in total. The van der Waals surface area contributed by atoms with E-state index in [1.54, 1.807) is 0 Å². The summed E-state index contributed by atoms with van der Waals surface area (Å²) in [4.78, 5) is 0. The van der Waals surface area contributed by atoms with Gasteiger partial charge < -0.3 is 0 Å². The molecule has 15 heavy (non-hydrogen) atoms. The van der Waals surface area contributed by atoms with Crippen molar-refractivity contribution in [2.75, 3.05) is 28.1 Å². The highest BCUT2D eigenvalue weighted by Crippen LogP contribution is 2.74. The van der Waals surface area contributed by atoms with Gasteiger partial charge in [0, 0.05) is 5.08 Å². The molecule has 0 bridgehead atoms. The van der Waals surface area contributed by atoms with Crippen LogP contribution in [0.5, 0.6) is 0 Å². The Labute approximate surface area is 117 Å². The quantitative estimate of drug-likeness (QED) is 0.642.